The van der Waals surface area contributed by atoms with Crippen LogP contribution in [0.2, 0.25) is 0 Å². The molecule has 1 atom stereocenters. The summed E-state index contributed by atoms with van der Waals surface area (Å²) in [5.41, 5.74) is 0. The number of anilines is 1. The van der Waals surface area contributed by atoms with Gasteiger partial charge in [0.25, 0.3) is 0 Å². The molecule has 1 amide bonds. The van der Waals surface area contributed by atoms with E-state index in [9.17, 15) is 4.79 Å². The van der Waals surface area contributed by atoms with Crippen LogP contribution in [0.4, 0.5) is 5.13 Å². The molecule has 0 radical (unpaired) electrons. The van der Waals surface area contributed by atoms with E-state index >= 15 is 0 Å². The third-order valence-corrected chi connectivity index (χ3v) is 4.08. The predicted molar refractivity (Wildman–Crippen MR) is 77.3 cm³/mol. The minimum Gasteiger partial charge on any atom is -0.360 e. The first kappa shape index (κ1) is 15.2. The molecule has 1 aromatic rings. The van der Waals surface area contributed by atoms with Gasteiger partial charge in [-0.05, 0) is 27.2 Å². The smallest absolute Gasteiger partial charge is 0.233 e. The van der Waals surface area contributed by atoms with Gasteiger partial charge in [-0.15, -0.1) is 10.2 Å². The summed E-state index contributed by atoms with van der Waals surface area (Å²) in [7, 11) is 0. The molecule has 0 fully saturated rings. The first-order chi connectivity index (χ1) is 8.52. The molecule has 0 bridgehead atoms. The minimum atomic E-state index is -0.153. The number of amides is 1. The highest BCUT2D eigenvalue weighted by Gasteiger charge is 2.17. The number of aromatic nitrogens is 2. The molecule has 0 saturated carbocycles. The molecule has 0 aliphatic rings. The van der Waals surface area contributed by atoms with Crippen LogP contribution in [0.1, 0.15) is 34.1 Å². The van der Waals surface area contributed by atoms with Gasteiger partial charge in [-0.25, -0.2) is 0 Å². The maximum absolute atomic E-state index is 11.7. The van der Waals surface area contributed by atoms with E-state index in [1.807, 2.05) is 20.8 Å². The van der Waals surface area contributed by atoms with Crippen LogP contribution < -0.4 is 10.6 Å². The third kappa shape index (κ3) is 5.22. The normalized spacial score (nSPS) is 12.5. The van der Waals surface area contributed by atoms with Crippen molar-refractivity contribution in [3.8, 4) is 0 Å². The van der Waals surface area contributed by atoms with Gasteiger partial charge in [0.2, 0.25) is 11.0 Å². The fraction of sp³-hybridized carbons (Fsp3) is 0.727. The number of nitrogens with one attached hydrogen (secondary N) is 2. The highest BCUT2D eigenvalue weighted by molar-refractivity contribution is 8.02. The van der Waals surface area contributed by atoms with Crippen LogP contribution in [0.25, 0.3) is 0 Å². The zero-order chi connectivity index (χ0) is 13.5. The summed E-state index contributed by atoms with van der Waals surface area (Å²) in [6, 6.07) is 0.164. The summed E-state index contributed by atoms with van der Waals surface area (Å²) in [4.78, 5) is 11.7. The fourth-order valence-corrected chi connectivity index (χ4v) is 3.10. The van der Waals surface area contributed by atoms with Crippen molar-refractivity contribution in [1.29, 1.82) is 0 Å². The van der Waals surface area contributed by atoms with Gasteiger partial charge in [-0.1, -0.05) is 30.0 Å². The number of thioether (sulfide) groups is 1. The zero-order valence-corrected chi connectivity index (χ0v) is 12.8. The van der Waals surface area contributed by atoms with Crippen LogP contribution in [-0.4, -0.2) is 33.9 Å². The molecule has 18 heavy (non-hydrogen) atoms. The molecule has 102 valence electrons. The van der Waals surface area contributed by atoms with Gasteiger partial charge in [0.05, 0.1) is 5.25 Å². The summed E-state index contributed by atoms with van der Waals surface area (Å²) in [6.07, 6.45) is 1.05. The Kier molecular flexibility index (Phi) is 6.42. The topological polar surface area (TPSA) is 66.9 Å². The average molecular weight is 288 g/mol. The molecular weight excluding hydrogens is 268 g/mol. The molecule has 0 unspecified atom stereocenters. The zero-order valence-electron chi connectivity index (χ0n) is 11.2. The molecule has 0 saturated heterocycles. The van der Waals surface area contributed by atoms with E-state index in [1.165, 1.54) is 23.1 Å². The van der Waals surface area contributed by atoms with Crippen LogP contribution in [0.5, 0.6) is 0 Å². The summed E-state index contributed by atoms with van der Waals surface area (Å²) in [5, 5.41) is 14.8. The van der Waals surface area contributed by atoms with Gasteiger partial charge in [0.1, 0.15) is 0 Å². The lowest BCUT2D eigenvalue weighted by atomic mass is 10.3. The van der Waals surface area contributed by atoms with E-state index in [0.717, 1.165) is 22.4 Å². The van der Waals surface area contributed by atoms with E-state index in [2.05, 4.69) is 27.8 Å². The quantitative estimate of drug-likeness (QED) is 0.754. The highest BCUT2D eigenvalue weighted by Crippen LogP contribution is 2.28. The Morgan fingerprint density at radius 3 is 2.72 bits per heavy atom. The Balaban J connectivity index is 2.46. The van der Waals surface area contributed by atoms with Crippen LogP contribution in [0.3, 0.4) is 0 Å². The second kappa shape index (κ2) is 7.58. The van der Waals surface area contributed by atoms with Gasteiger partial charge in [0.15, 0.2) is 4.34 Å². The number of carbonyl (C=O) groups is 1. The largest absolute Gasteiger partial charge is 0.360 e. The fourth-order valence-electron chi connectivity index (χ4n) is 1.17. The van der Waals surface area contributed by atoms with E-state index in [4.69, 9.17) is 0 Å². The lowest BCUT2D eigenvalue weighted by Gasteiger charge is -2.12. The molecular formula is C11H20N4OS2. The molecule has 1 rings (SSSR count). The summed E-state index contributed by atoms with van der Waals surface area (Å²) in [6.45, 7) is 8.77. The van der Waals surface area contributed by atoms with Crippen LogP contribution in [-0.2, 0) is 4.79 Å². The summed E-state index contributed by atoms with van der Waals surface area (Å²) < 4.78 is 0.819. The van der Waals surface area contributed by atoms with Gasteiger partial charge in [0, 0.05) is 12.6 Å². The van der Waals surface area contributed by atoms with Crippen LogP contribution >= 0.6 is 23.1 Å². The lowest BCUT2D eigenvalue weighted by molar-refractivity contribution is -0.120. The second-order valence-electron chi connectivity index (χ2n) is 4.22. The molecule has 0 aromatic carbocycles. The van der Waals surface area contributed by atoms with Crippen molar-refractivity contribution in [2.45, 2.75) is 49.7 Å². The first-order valence-corrected chi connectivity index (χ1v) is 7.77. The van der Waals surface area contributed by atoms with E-state index in [1.54, 1.807) is 0 Å². The molecule has 1 aromatic heterocycles. The summed E-state index contributed by atoms with van der Waals surface area (Å²) >= 11 is 2.93. The van der Waals surface area contributed by atoms with Crippen molar-refractivity contribution in [3.63, 3.8) is 0 Å². The van der Waals surface area contributed by atoms with Crippen molar-refractivity contribution >= 4 is 34.1 Å². The molecule has 5 nitrogen and oxygen atoms in total. The number of nitrogens with zero attached hydrogens (tertiary/aromatic N) is 2. The Morgan fingerprint density at radius 2 is 2.11 bits per heavy atom. The van der Waals surface area contributed by atoms with Crippen molar-refractivity contribution in [2.24, 2.45) is 0 Å². The third-order valence-electron chi connectivity index (χ3n) is 2.01. The van der Waals surface area contributed by atoms with Crippen molar-refractivity contribution < 1.29 is 4.79 Å². The van der Waals surface area contributed by atoms with Gasteiger partial charge in [-0.2, -0.15) is 0 Å². The standard InChI is InChI=1S/C11H20N4OS2/c1-5-6-12-10-14-15-11(18-10)17-8(4)9(16)13-7(2)3/h7-8H,5-6H2,1-4H3,(H,12,14)(H,13,16)/t8-/m1/s1. The Hall–Kier alpha value is -0.820. The molecule has 0 aliphatic carbocycles. The van der Waals surface area contributed by atoms with Crippen molar-refractivity contribution in [1.82, 2.24) is 15.5 Å². The number of hydrogen-bond acceptors (Lipinski definition) is 6. The highest BCUT2D eigenvalue weighted by atomic mass is 32.2. The molecule has 1 heterocycles. The summed E-state index contributed by atoms with van der Waals surface area (Å²) in [5.74, 6) is 0.0354. The molecule has 7 heteroatoms. The average Bonchev–Trinajstić information content (AvgIpc) is 2.73. The monoisotopic (exact) mass is 288 g/mol. The van der Waals surface area contributed by atoms with Gasteiger partial charge >= 0.3 is 0 Å². The Morgan fingerprint density at radius 1 is 1.39 bits per heavy atom. The Labute approximate surface area is 116 Å². The molecule has 0 spiro atoms. The van der Waals surface area contributed by atoms with Crippen LogP contribution in [0.15, 0.2) is 4.34 Å². The maximum atomic E-state index is 11.7. The van der Waals surface area contributed by atoms with Crippen molar-refractivity contribution in [3.05, 3.63) is 0 Å². The second-order valence-corrected chi connectivity index (χ2v) is 6.79. The predicted octanol–water partition coefficient (Wildman–Crippen LogP) is 2.37. The minimum absolute atomic E-state index is 0.0354. The number of carbonyl (C=O) groups excluding carboxylic acids is 1. The van der Waals surface area contributed by atoms with Crippen molar-refractivity contribution in [2.75, 3.05) is 11.9 Å². The first-order valence-electron chi connectivity index (χ1n) is 6.07. The Bertz CT molecular complexity index is 381. The van der Waals surface area contributed by atoms with E-state index in [0.29, 0.717) is 0 Å². The maximum Gasteiger partial charge on any atom is 0.233 e. The molecule has 0 aliphatic heterocycles. The SMILES string of the molecule is CCCNc1nnc(S[C@H](C)C(=O)NC(C)C)s1. The van der Waals surface area contributed by atoms with Crippen LogP contribution in [0, 0.1) is 0 Å². The van der Waals surface area contributed by atoms with E-state index in [-0.39, 0.29) is 17.2 Å². The van der Waals surface area contributed by atoms with Gasteiger partial charge < -0.3 is 10.6 Å². The lowest BCUT2D eigenvalue weighted by Crippen LogP contribution is -2.35. The molecule has 2 N–H and O–H groups in total. The number of hydrogen-bond donors (Lipinski definition) is 2. The van der Waals surface area contributed by atoms with Gasteiger partial charge in [-0.3, -0.25) is 4.79 Å². The van der Waals surface area contributed by atoms with E-state index < -0.39 is 0 Å². The number of rotatable bonds is 7.